The number of aromatic nitrogens is 1. The highest BCUT2D eigenvalue weighted by atomic mass is 32.2. The van der Waals surface area contributed by atoms with Crippen LogP contribution in [0.5, 0.6) is 0 Å². The highest BCUT2D eigenvalue weighted by Crippen LogP contribution is 2.59. The molecule has 6 aromatic rings. The second-order valence-corrected chi connectivity index (χ2v) is 12.7. The van der Waals surface area contributed by atoms with E-state index in [2.05, 4.69) is 156 Å². The smallest absolute Gasteiger partial charge is 0.133 e. The Balaban J connectivity index is 1.12. The van der Waals surface area contributed by atoms with Crippen LogP contribution in [0.15, 0.2) is 156 Å². The molecule has 0 saturated carbocycles. The largest absolute Gasteiger partial charge is 0.340 e. The van der Waals surface area contributed by atoms with Crippen LogP contribution < -0.4 is 5.32 Å². The van der Waals surface area contributed by atoms with Crippen LogP contribution in [0.4, 0.5) is 0 Å². The van der Waals surface area contributed by atoms with Crippen LogP contribution in [-0.2, 0) is 0 Å². The zero-order valence-corrected chi connectivity index (χ0v) is 24.8. The van der Waals surface area contributed by atoms with Crippen molar-refractivity contribution in [3.63, 3.8) is 0 Å². The third-order valence-corrected chi connectivity index (χ3v) is 10.4. The molecule has 9 rings (SSSR count). The van der Waals surface area contributed by atoms with E-state index in [1.165, 1.54) is 43.9 Å². The molecule has 0 saturated heterocycles. The molecule has 0 amide bonds. The van der Waals surface area contributed by atoms with Gasteiger partial charge in [-0.05, 0) is 58.7 Å². The Kier molecular flexibility index (Phi) is 5.95. The summed E-state index contributed by atoms with van der Waals surface area (Å²) in [6.07, 6.45) is 7.01. The quantitative estimate of drug-likeness (QED) is 0.224. The highest BCUT2D eigenvalue weighted by molar-refractivity contribution is 8.00. The maximum absolute atomic E-state index is 5.18. The van der Waals surface area contributed by atoms with Gasteiger partial charge in [0.15, 0.2) is 0 Å². The number of thioether (sulfide) groups is 1. The normalized spacial score (nSPS) is 19.9. The van der Waals surface area contributed by atoms with Crippen LogP contribution in [-0.4, -0.2) is 10.4 Å². The molecule has 4 heteroatoms. The van der Waals surface area contributed by atoms with E-state index < -0.39 is 0 Å². The van der Waals surface area contributed by atoms with E-state index >= 15 is 0 Å². The van der Waals surface area contributed by atoms with Crippen LogP contribution in [0.3, 0.4) is 0 Å². The number of hydrogen-bond acceptors (Lipinski definition) is 3. The summed E-state index contributed by atoms with van der Waals surface area (Å²) in [6.45, 7) is 0. The Bertz CT molecular complexity index is 2070. The van der Waals surface area contributed by atoms with E-state index in [4.69, 9.17) is 4.99 Å². The lowest BCUT2D eigenvalue weighted by molar-refractivity contribution is 0.817. The van der Waals surface area contributed by atoms with Crippen molar-refractivity contribution in [2.75, 3.05) is 0 Å². The number of nitrogens with one attached hydrogen (secondary N) is 1. The molecule has 0 spiro atoms. The fraction of sp³-hybridized carbons (Fsp3) is 0.0750. The summed E-state index contributed by atoms with van der Waals surface area (Å²) in [4.78, 5) is 6.58. The topological polar surface area (TPSA) is 29.3 Å². The van der Waals surface area contributed by atoms with Gasteiger partial charge in [-0.3, -0.25) is 4.99 Å². The van der Waals surface area contributed by atoms with Gasteiger partial charge in [0, 0.05) is 38.4 Å². The monoisotopic (exact) mass is 583 g/mol. The molecule has 1 N–H and O–H groups in total. The van der Waals surface area contributed by atoms with Gasteiger partial charge in [-0.25, -0.2) is 0 Å². The van der Waals surface area contributed by atoms with Crippen molar-refractivity contribution in [3.05, 3.63) is 179 Å². The van der Waals surface area contributed by atoms with E-state index in [1.807, 2.05) is 17.8 Å². The summed E-state index contributed by atoms with van der Waals surface area (Å²) in [5.41, 5.74) is 11.1. The van der Waals surface area contributed by atoms with Crippen molar-refractivity contribution < 1.29 is 0 Å². The first-order valence-electron chi connectivity index (χ1n) is 15.2. The second-order valence-electron chi connectivity index (χ2n) is 11.6. The summed E-state index contributed by atoms with van der Waals surface area (Å²) in [7, 11) is 0. The van der Waals surface area contributed by atoms with Crippen LogP contribution in [0.1, 0.15) is 50.7 Å². The molecule has 210 valence electrons. The third kappa shape index (κ3) is 4.10. The van der Waals surface area contributed by atoms with Gasteiger partial charge in [0.2, 0.25) is 0 Å². The predicted octanol–water partition coefficient (Wildman–Crippen LogP) is 9.72. The van der Waals surface area contributed by atoms with Crippen LogP contribution in [0.2, 0.25) is 0 Å². The Morgan fingerprint density at radius 1 is 0.682 bits per heavy atom. The first-order valence-corrected chi connectivity index (χ1v) is 16.0. The van der Waals surface area contributed by atoms with Gasteiger partial charge in [0.1, 0.15) is 5.84 Å². The highest BCUT2D eigenvalue weighted by Gasteiger charge is 2.38. The number of nitrogens with zero attached hydrogens (tertiary/aromatic N) is 2. The molecule has 3 nitrogen and oxygen atoms in total. The van der Waals surface area contributed by atoms with Gasteiger partial charge in [-0.2, -0.15) is 0 Å². The van der Waals surface area contributed by atoms with Crippen molar-refractivity contribution in [1.29, 1.82) is 0 Å². The van der Waals surface area contributed by atoms with Gasteiger partial charge in [0.05, 0.1) is 17.3 Å². The zero-order chi connectivity index (χ0) is 29.0. The number of amidine groups is 1. The lowest BCUT2D eigenvalue weighted by Gasteiger charge is -2.24. The first kappa shape index (κ1) is 25.4. The number of benzene rings is 5. The number of fused-ring (bicyclic) bond motifs is 7. The molecular weight excluding hydrogens is 555 g/mol. The fourth-order valence-electron chi connectivity index (χ4n) is 6.96. The summed E-state index contributed by atoms with van der Waals surface area (Å²) in [5.74, 6) is 1.30. The molecule has 1 aliphatic carbocycles. The third-order valence-electron chi connectivity index (χ3n) is 9.03. The minimum atomic E-state index is -0.0971. The molecule has 44 heavy (non-hydrogen) atoms. The molecule has 3 atom stereocenters. The molecule has 0 radical (unpaired) electrons. The molecule has 5 aromatic carbocycles. The Morgan fingerprint density at radius 2 is 1.39 bits per heavy atom. The Morgan fingerprint density at radius 3 is 2.20 bits per heavy atom. The maximum atomic E-state index is 5.18. The minimum absolute atomic E-state index is 0.0971. The van der Waals surface area contributed by atoms with E-state index in [0.717, 1.165) is 22.7 Å². The van der Waals surface area contributed by atoms with Gasteiger partial charge in [-0.15, -0.1) is 11.8 Å². The predicted molar refractivity (Wildman–Crippen MR) is 183 cm³/mol. The summed E-state index contributed by atoms with van der Waals surface area (Å²) in [6, 6.07) is 47.6. The van der Waals surface area contributed by atoms with E-state index in [1.54, 1.807) is 0 Å². The molecule has 0 fully saturated rings. The van der Waals surface area contributed by atoms with Crippen LogP contribution in [0, 0.1) is 0 Å². The Hall–Kier alpha value is -5.06. The number of para-hydroxylation sites is 1. The SMILES string of the molecule is C1=CC2c3ccccc3SC2c2c1n(-c1ccc(C3C=C(c4ccccc4)NC(c4ccccc4)=N3)cc1)c1ccccc21. The molecular formula is C40H29N3S. The summed E-state index contributed by atoms with van der Waals surface area (Å²) < 4.78 is 2.44. The van der Waals surface area contributed by atoms with Crippen LogP contribution in [0.25, 0.3) is 28.4 Å². The van der Waals surface area contributed by atoms with Crippen molar-refractivity contribution in [1.82, 2.24) is 9.88 Å². The zero-order valence-electron chi connectivity index (χ0n) is 24.0. The van der Waals surface area contributed by atoms with Crippen molar-refractivity contribution in [2.45, 2.75) is 22.1 Å². The van der Waals surface area contributed by atoms with Gasteiger partial charge >= 0.3 is 0 Å². The minimum Gasteiger partial charge on any atom is -0.340 e. The van der Waals surface area contributed by atoms with Crippen LogP contribution >= 0.6 is 11.8 Å². The van der Waals surface area contributed by atoms with Crippen molar-refractivity contribution >= 4 is 40.3 Å². The number of allylic oxidation sites excluding steroid dienone is 1. The molecule has 0 bridgehead atoms. The molecule has 3 heterocycles. The standard InChI is InChI=1S/C40H29N3S/c1-3-11-26(12-4-1)33-25-34(42-40(41-33)28-13-5-2-6-14-28)27-19-21-29(22-20-27)43-35-17-9-7-16-32(35)38-36(43)24-23-31-30-15-8-10-18-37(30)44-39(31)38/h1-25,31,34,39H,(H,41,42). The average molecular weight is 584 g/mol. The van der Waals surface area contributed by atoms with E-state index in [-0.39, 0.29) is 6.04 Å². The van der Waals surface area contributed by atoms with Crippen molar-refractivity contribution in [2.24, 2.45) is 4.99 Å². The molecule has 2 aliphatic heterocycles. The van der Waals surface area contributed by atoms with Gasteiger partial charge in [-0.1, -0.05) is 115 Å². The molecule has 1 aromatic heterocycles. The first-order chi connectivity index (χ1) is 21.8. The average Bonchev–Trinajstić information content (AvgIpc) is 3.65. The maximum Gasteiger partial charge on any atom is 0.133 e. The molecule has 3 unspecified atom stereocenters. The van der Waals surface area contributed by atoms with Gasteiger partial charge in [0.25, 0.3) is 0 Å². The van der Waals surface area contributed by atoms with E-state index in [0.29, 0.717) is 11.2 Å². The number of aliphatic imine (C=N–C) groups is 1. The number of rotatable bonds is 4. The Labute approximate surface area is 261 Å². The summed E-state index contributed by atoms with van der Waals surface area (Å²) >= 11 is 2.01. The second kappa shape index (κ2) is 10.3. The van der Waals surface area contributed by atoms with Crippen molar-refractivity contribution in [3.8, 4) is 5.69 Å². The van der Waals surface area contributed by atoms with Gasteiger partial charge < -0.3 is 9.88 Å². The lowest BCUT2D eigenvalue weighted by Crippen LogP contribution is -2.27. The summed E-state index contributed by atoms with van der Waals surface area (Å²) in [5, 5.41) is 5.33. The van der Waals surface area contributed by atoms with E-state index in [9.17, 15) is 0 Å². The lowest BCUT2D eigenvalue weighted by atomic mass is 9.86. The fourth-order valence-corrected chi connectivity index (χ4v) is 8.48. The number of hydrogen-bond donors (Lipinski definition) is 1. The molecule has 3 aliphatic rings.